The van der Waals surface area contributed by atoms with Gasteiger partial charge in [0.2, 0.25) is 0 Å². The molecule has 5 nitrogen and oxygen atoms in total. The van der Waals surface area contributed by atoms with Gasteiger partial charge in [-0.3, -0.25) is 4.68 Å². The van der Waals surface area contributed by atoms with Crippen molar-refractivity contribution in [3.63, 3.8) is 0 Å². The monoisotopic (exact) mass is 333 g/mol. The lowest BCUT2D eigenvalue weighted by Crippen LogP contribution is -2.38. The van der Waals surface area contributed by atoms with Crippen LogP contribution in [0.3, 0.4) is 0 Å². The second kappa shape index (κ2) is 7.07. The Morgan fingerprint density at radius 1 is 1.12 bits per heavy atom. The Kier molecular flexibility index (Phi) is 4.48. The molecule has 4 rings (SSSR count). The zero-order valence-electron chi connectivity index (χ0n) is 14.4. The maximum absolute atomic E-state index is 4.39. The van der Waals surface area contributed by atoms with Crippen molar-refractivity contribution < 1.29 is 0 Å². The molecule has 1 fully saturated rings. The predicted molar refractivity (Wildman–Crippen MR) is 100 cm³/mol. The van der Waals surface area contributed by atoms with E-state index in [0.717, 1.165) is 36.5 Å². The number of benzene rings is 2. The van der Waals surface area contributed by atoms with Crippen molar-refractivity contribution in [1.29, 1.82) is 0 Å². The number of aromatic nitrogens is 3. The Hall–Kier alpha value is -2.66. The molecular weight excluding hydrogens is 310 g/mol. The van der Waals surface area contributed by atoms with Crippen molar-refractivity contribution >= 4 is 5.69 Å². The molecule has 3 aromatic rings. The van der Waals surface area contributed by atoms with Crippen molar-refractivity contribution in [2.75, 3.05) is 11.9 Å². The highest BCUT2D eigenvalue weighted by molar-refractivity contribution is 5.62. The number of nitrogens with one attached hydrogen (secondary N) is 2. The normalized spacial score (nSPS) is 20.4. The fraction of sp³-hybridized carbons (Fsp3) is 0.300. The van der Waals surface area contributed by atoms with Crippen LogP contribution in [0.4, 0.5) is 5.69 Å². The third-order valence-corrected chi connectivity index (χ3v) is 4.70. The summed E-state index contributed by atoms with van der Waals surface area (Å²) in [5, 5.41) is 11.7. The third-order valence-electron chi connectivity index (χ3n) is 4.70. The highest BCUT2D eigenvalue weighted by Gasteiger charge is 2.22. The fourth-order valence-electron chi connectivity index (χ4n) is 3.44. The SMILES string of the molecule is Cn1cnc(-c2cccc(N[C@@H]3CCN[C@@H](c4ccccc4)C3)c2)n1. The first-order valence-corrected chi connectivity index (χ1v) is 8.79. The van der Waals surface area contributed by atoms with Gasteiger partial charge in [-0.1, -0.05) is 42.5 Å². The van der Waals surface area contributed by atoms with Gasteiger partial charge in [-0.05, 0) is 37.1 Å². The summed E-state index contributed by atoms with van der Waals surface area (Å²) in [5.74, 6) is 0.763. The van der Waals surface area contributed by atoms with E-state index in [1.807, 2.05) is 7.05 Å². The second-order valence-electron chi connectivity index (χ2n) is 6.61. The molecule has 0 radical (unpaired) electrons. The molecule has 0 spiro atoms. The maximum Gasteiger partial charge on any atom is 0.181 e. The maximum atomic E-state index is 4.39. The first-order chi connectivity index (χ1) is 12.3. The Labute approximate surface area is 148 Å². The summed E-state index contributed by atoms with van der Waals surface area (Å²) >= 11 is 0. The van der Waals surface area contributed by atoms with Gasteiger partial charge in [-0.2, -0.15) is 5.10 Å². The zero-order valence-corrected chi connectivity index (χ0v) is 14.4. The molecule has 1 saturated heterocycles. The molecule has 2 N–H and O–H groups in total. The van der Waals surface area contributed by atoms with E-state index in [1.54, 1.807) is 11.0 Å². The molecular formula is C20H23N5. The van der Waals surface area contributed by atoms with E-state index < -0.39 is 0 Å². The van der Waals surface area contributed by atoms with Crippen LogP contribution in [-0.2, 0) is 7.05 Å². The van der Waals surface area contributed by atoms with Gasteiger partial charge in [0.05, 0.1) is 0 Å². The van der Waals surface area contributed by atoms with Crippen LogP contribution in [0.25, 0.3) is 11.4 Å². The van der Waals surface area contributed by atoms with E-state index in [1.165, 1.54) is 5.56 Å². The molecule has 0 unspecified atom stereocenters. The number of hydrogen-bond donors (Lipinski definition) is 2. The van der Waals surface area contributed by atoms with Crippen molar-refractivity contribution in [2.45, 2.75) is 24.9 Å². The first-order valence-electron chi connectivity index (χ1n) is 8.79. The molecule has 2 aromatic carbocycles. The molecule has 2 atom stereocenters. The topological polar surface area (TPSA) is 54.8 Å². The van der Waals surface area contributed by atoms with Gasteiger partial charge in [0.25, 0.3) is 0 Å². The molecule has 0 bridgehead atoms. The van der Waals surface area contributed by atoms with Gasteiger partial charge in [-0.15, -0.1) is 0 Å². The molecule has 1 aliphatic heterocycles. The van der Waals surface area contributed by atoms with Crippen LogP contribution >= 0.6 is 0 Å². The van der Waals surface area contributed by atoms with Gasteiger partial charge in [-0.25, -0.2) is 4.98 Å². The molecule has 1 aromatic heterocycles. The lowest BCUT2D eigenvalue weighted by atomic mass is 9.93. The van der Waals surface area contributed by atoms with Crippen LogP contribution in [0.15, 0.2) is 60.9 Å². The molecule has 2 heterocycles. The Morgan fingerprint density at radius 2 is 2.00 bits per heavy atom. The summed E-state index contributed by atoms with van der Waals surface area (Å²) in [6.45, 7) is 1.03. The molecule has 128 valence electrons. The molecule has 5 heteroatoms. The second-order valence-corrected chi connectivity index (χ2v) is 6.61. The highest BCUT2D eigenvalue weighted by Crippen LogP contribution is 2.26. The van der Waals surface area contributed by atoms with E-state index in [4.69, 9.17) is 0 Å². The van der Waals surface area contributed by atoms with Crippen molar-refractivity contribution in [3.05, 3.63) is 66.5 Å². The number of piperidine rings is 1. The minimum atomic E-state index is 0.410. The van der Waals surface area contributed by atoms with E-state index in [9.17, 15) is 0 Å². The van der Waals surface area contributed by atoms with Crippen LogP contribution in [0.5, 0.6) is 0 Å². The van der Waals surface area contributed by atoms with Crippen LogP contribution < -0.4 is 10.6 Å². The largest absolute Gasteiger partial charge is 0.382 e. The summed E-state index contributed by atoms with van der Waals surface area (Å²) in [6.07, 6.45) is 3.93. The summed E-state index contributed by atoms with van der Waals surface area (Å²) in [7, 11) is 1.89. The highest BCUT2D eigenvalue weighted by atomic mass is 15.3. The summed E-state index contributed by atoms with van der Waals surface area (Å²) < 4.78 is 1.73. The van der Waals surface area contributed by atoms with Crippen LogP contribution in [0.2, 0.25) is 0 Å². The molecule has 1 aliphatic rings. The zero-order chi connectivity index (χ0) is 17.1. The van der Waals surface area contributed by atoms with Gasteiger partial charge in [0.1, 0.15) is 6.33 Å². The van der Waals surface area contributed by atoms with Crippen molar-refractivity contribution in [3.8, 4) is 11.4 Å². The molecule has 25 heavy (non-hydrogen) atoms. The quantitative estimate of drug-likeness (QED) is 0.768. The lowest BCUT2D eigenvalue weighted by molar-refractivity contribution is 0.384. The first kappa shape index (κ1) is 15.8. The number of aryl methyl sites for hydroxylation is 1. The van der Waals surface area contributed by atoms with E-state index in [0.29, 0.717) is 12.1 Å². The predicted octanol–water partition coefficient (Wildman–Crippen LogP) is 3.39. The van der Waals surface area contributed by atoms with Crippen LogP contribution in [0.1, 0.15) is 24.4 Å². The average Bonchev–Trinajstić information content (AvgIpc) is 3.09. The van der Waals surface area contributed by atoms with Crippen LogP contribution in [-0.4, -0.2) is 27.4 Å². The van der Waals surface area contributed by atoms with E-state index in [2.05, 4.69) is 75.3 Å². The number of anilines is 1. The third kappa shape index (κ3) is 3.72. The van der Waals surface area contributed by atoms with Gasteiger partial charge in [0.15, 0.2) is 5.82 Å². The number of hydrogen-bond acceptors (Lipinski definition) is 4. The summed E-state index contributed by atoms with van der Waals surface area (Å²) in [5.41, 5.74) is 3.53. The minimum absolute atomic E-state index is 0.410. The van der Waals surface area contributed by atoms with Gasteiger partial charge >= 0.3 is 0 Å². The van der Waals surface area contributed by atoms with Gasteiger partial charge in [0, 0.05) is 30.4 Å². The van der Waals surface area contributed by atoms with Gasteiger partial charge < -0.3 is 10.6 Å². The fourth-order valence-corrected chi connectivity index (χ4v) is 3.44. The number of rotatable bonds is 4. The number of nitrogens with zero attached hydrogens (tertiary/aromatic N) is 3. The molecule has 0 aliphatic carbocycles. The molecule has 0 amide bonds. The summed E-state index contributed by atoms with van der Waals surface area (Å²) in [6, 6.07) is 19.9. The van der Waals surface area contributed by atoms with Crippen molar-refractivity contribution in [2.24, 2.45) is 7.05 Å². The Balaban J connectivity index is 1.47. The summed E-state index contributed by atoms with van der Waals surface area (Å²) in [4.78, 5) is 4.34. The van der Waals surface area contributed by atoms with Crippen LogP contribution in [0, 0.1) is 0 Å². The van der Waals surface area contributed by atoms with E-state index in [-0.39, 0.29) is 0 Å². The Morgan fingerprint density at radius 3 is 2.80 bits per heavy atom. The van der Waals surface area contributed by atoms with Crippen molar-refractivity contribution in [1.82, 2.24) is 20.1 Å². The van der Waals surface area contributed by atoms with E-state index >= 15 is 0 Å². The standard InChI is InChI=1S/C20H23N5/c1-25-14-22-20(24-25)16-8-5-9-17(12-16)23-18-10-11-21-19(13-18)15-6-3-2-4-7-15/h2-9,12,14,18-19,21,23H,10-11,13H2,1H3/t18-,19-/m1/s1. The Bertz CT molecular complexity index is 827. The molecule has 0 saturated carbocycles. The lowest BCUT2D eigenvalue weighted by Gasteiger charge is -2.32. The smallest absolute Gasteiger partial charge is 0.181 e. The average molecular weight is 333 g/mol. The minimum Gasteiger partial charge on any atom is -0.382 e.